The van der Waals surface area contributed by atoms with Crippen molar-refractivity contribution in [2.24, 2.45) is 0 Å². The van der Waals surface area contributed by atoms with Gasteiger partial charge in [-0.3, -0.25) is 4.90 Å². The molecule has 0 bridgehead atoms. The lowest BCUT2D eigenvalue weighted by Gasteiger charge is -2.10. The van der Waals surface area contributed by atoms with Gasteiger partial charge in [-0.05, 0) is 23.3 Å². The summed E-state index contributed by atoms with van der Waals surface area (Å²) in [5.74, 6) is 1.25. The van der Waals surface area contributed by atoms with Crippen molar-refractivity contribution in [1.29, 1.82) is 0 Å². The average molecular weight is 277 g/mol. The zero-order valence-electron chi connectivity index (χ0n) is 11.6. The highest BCUT2D eigenvalue weighted by molar-refractivity contribution is 5.51. The van der Waals surface area contributed by atoms with E-state index in [-0.39, 0.29) is 0 Å². The average Bonchev–Trinajstić information content (AvgIpc) is 3.14. The summed E-state index contributed by atoms with van der Waals surface area (Å²) in [4.78, 5) is 2.31. The van der Waals surface area contributed by atoms with E-state index in [0.29, 0.717) is 18.3 Å². The maximum atomic E-state index is 5.77. The Labute approximate surface area is 123 Å². The molecule has 4 nitrogen and oxygen atoms in total. The fourth-order valence-electron chi connectivity index (χ4n) is 2.72. The summed E-state index contributed by atoms with van der Waals surface area (Å²) < 4.78 is 5.77. The van der Waals surface area contributed by atoms with E-state index in [2.05, 4.69) is 39.4 Å². The molecule has 1 aromatic heterocycles. The van der Waals surface area contributed by atoms with E-state index in [1.54, 1.807) is 0 Å². The van der Waals surface area contributed by atoms with Gasteiger partial charge < -0.3 is 4.42 Å². The lowest BCUT2D eigenvalue weighted by atomic mass is 10.1. The van der Waals surface area contributed by atoms with Crippen LogP contribution in [0.3, 0.4) is 0 Å². The number of fused-ring (bicyclic) bond motifs is 1. The van der Waals surface area contributed by atoms with Crippen LogP contribution in [0, 0.1) is 0 Å². The van der Waals surface area contributed by atoms with Crippen LogP contribution in [0.1, 0.15) is 17.0 Å². The Balaban J connectivity index is 1.49. The molecule has 1 aliphatic heterocycles. The maximum absolute atomic E-state index is 5.77. The summed E-state index contributed by atoms with van der Waals surface area (Å²) in [6, 6.07) is 18.4. The summed E-state index contributed by atoms with van der Waals surface area (Å²) >= 11 is 0. The number of hydrogen-bond acceptors (Lipinski definition) is 4. The minimum atomic E-state index is 0.585. The molecule has 0 N–H and O–H groups in total. The first-order valence-electron chi connectivity index (χ1n) is 7.05. The van der Waals surface area contributed by atoms with Gasteiger partial charge in [0.25, 0.3) is 0 Å². The monoisotopic (exact) mass is 277 g/mol. The quantitative estimate of drug-likeness (QED) is 0.737. The van der Waals surface area contributed by atoms with Crippen LogP contribution < -0.4 is 0 Å². The molecular formula is C17H15N3O. The van der Waals surface area contributed by atoms with Crippen LogP contribution in [0.15, 0.2) is 59.0 Å². The largest absolute Gasteiger partial charge is 0.419 e. The zero-order chi connectivity index (χ0) is 14.1. The van der Waals surface area contributed by atoms with Crippen molar-refractivity contribution in [3.05, 3.63) is 71.6 Å². The van der Waals surface area contributed by atoms with Crippen molar-refractivity contribution in [3.8, 4) is 11.5 Å². The summed E-state index contributed by atoms with van der Waals surface area (Å²) in [6.07, 6.45) is 0. The Morgan fingerprint density at radius 1 is 0.857 bits per heavy atom. The third kappa shape index (κ3) is 2.45. The van der Waals surface area contributed by atoms with Gasteiger partial charge in [0, 0.05) is 18.7 Å². The van der Waals surface area contributed by atoms with Gasteiger partial charge in [-0.2, -0.15) is 0 Å². The van der Waals surface area contributed by atoms with Gasteiger partial charge >= 0.3 is 0 Å². The second-order valence-electron chi connectivity index (χ2n) is 5.28. The van der Waals surface area contributed by atoms with Gasteiger partial charge in [0.05, 0.1) is 6.54 Å². The van der Waals surface area contributed by atoms with Gasteiger partial charge in [0.2, 0.25) is 11.8 Å². The van der Waals surface area contributed by atoms with Crippen molar-refractivity contribution in [3.63, 3.8) is 0 Å². The predicted octanol–water partition coefficient (Wildman–Crippen LogP) is 3.25. The Hall–Kier alpha value is -2.46. The van der Waals surface area contributed by atoms with E-state index in [4.69, 9.17) is 4.42 Å². The topological polar surface area (TPSA) is 42.2 Å². The van der Waals surface area contributed by atoms with E-state index in [0.717, 1.165) is 18.7 Å². The van der Waals surface area contributed by atoms with Gasteiger partial charge in [-0.25, -0.2) is 0 Å². The van der Waals surface area contributed by atoms with E-state index >= 15 is 0 Å². The van der Waals surface area contributed by atoms with Crippen molar-refractivity contribution in [1.82, 2.24) is 15.1 Å². The molecule has 0 aliphatic carbocycles. The molecule has 0 amide bonds. The fraction of sp³-hybridized carbons (Fsp3) is 0.176. The van der Waals surface area contributed by atoms with Crippen LogP contribution in [-0.4, -0.2) is 15.1 Å². The molecule has 0 saturated heterocycles. The molecule has 2 aromatic carbocycles. The molecule has 0 saturated carbocycles. The van der Waals surface area contributed by atoms with E-state index < -0.39 is 0 Å². The molecule has 3 aromatic rings. The van der Waals surface area contributed by atoms with Crippen molar-refractivity contribution in [2.75, 3.05) is 0 Å². The van der Waals surface area contributed by atoms with Crippen molar-refractivity contribution < 1.29 is 4.42 Å². The molecular weight excluding hydrogens is 262 g/mol. The summed E-state index contributed by atoms with van der Waals surface area (Å²) in [7, 11) is 0. The van der Waals surface area contributed by atoms with Crippen molar-refractivity contribution >= 4 is 0 Å². The minimum Gasteiger partial charge on any atom is -0.419 e. The molecule has 0 spiro atoms. The molecule has 4 heteroatoms. The zero-order valence-corrected chi connectivity index (χ0v) is 11.6. The Morgan fingerprint density at radius 2 is 1.52 bits per heavy atom. The predicted molar refractivity (Wildman–Crippen MR) is 79.1 cm³/mol. The molecule has 21 heavy (non-hydrogen) atoms. The van der Waals surface area contributed by atoms with Crippen molar-refractivity contribution in [2.45, 2.75) is 19.6 Å². The fourth-order valence-corrected chi connectivity index (χ4v) is 2.72. The van der Waals surface area contributed by atoms with Crippen LogP contribution in [0.5, 0.6) is 0 Å². The van der Waals surface area contributed by atoms with Gasteiger partial charge in [-0.15, -0.1) is 10.2 Å². The highest BCUT2D eigenvalue weighted by Gasteiger charge is 2.20. The normalized spacial score (nSPS) is 14.3. The first-order valence-corrected chi connectivity index (χ1v) is 7.05. The second kappa shape index (κ2) is 5.14. The minimum absolute atomic E-state index is 0.585. The molecule has 104 valence electrons. The third-order valence-electron chi connectivity index (χ3n) is 3.75. The number of nitrogens with zero attached hydrogens (tertiary/aromatic N) is 3. The molecule has 1 aliphatic rings. The highest BCUT2D eigenvalue weighted by atomic mass is 16.4. The lowest BCUT2D eigenvalue weighted by Crippen LogP contribution is -2.15. The molecule has 0 unspecified atom stereocenters. The lowest BCUT2D eigenvalue weighted by molar-refractivity contribution is 0.246. The van der Waals surface area contributed by atoms with Crippen LogP contribution in [0.4, 0.5) is 0 Å². The molecule has 0 fully saturated rings. The molecule has 0 atom stereocenters. The van der Waals surface area contributed by atoms with E-state index in [1.165, 1.54) is 11.1 Å². The van der Waals surface area contributed by atoms with Crippen LogP contribution in [-0.2, 0) is 19.6 Å². The Bertz CT molecular complexity index is 726. The van der Waals surface area contributed by atoms with E-state index in [1.807, 2.05) is 30.3 Å². The summed E-state index contributed by atoms with van der Waals surface area (Å²) in [5, 5.41) is 8.29. The van der Waals surface area contributed by atoms with Gasteiger partial charge in [0.1, 0.15) is 0 Å². The van der Waals surface area contributed by atoms with Gasteiger partial charge in [-0.1, -0.05) is 42.5 Å². The number of hydrogen-bond donors (Lipinski definition) is 0. The molecule has 4 rings (SSSR count). The number of benzene rings is 2. The molecule has 0 radical (unpaired) electrons. The summed E-state index contributed by atoms with van der Waals surface area (Å²) in [6.45, 7) is 2.58. The number of aromatic nitrogens is 2. The SMILES string of the molecule is c1ccc(-c2nnc(CN3Cc4ccccc4C3)o2)cc1. The Kier molecular flexibility index (Phi) is 3.01. The first kappa shape index (κ1) is 12.3. The highest BCUT2D eigenvalue weighted by Crippen LogP contribution is 2.24. The van der Waals surface area contributed by atoms with Crippen LogP contribution in [0.25, 0.3) is 11.5 Å². The van der Waals surface area contributed by atoms with Crippen LogP contribution >= 0.6 is 0 Å². The molecule has 2 heterocycles. The van der Waals surface area contributed by atoms with Gasteiger partial charge in [0.15, 0.2) is 0 Å². The first-order chi connectivity index (χ1) is 10.4. The maximum Gasteiger partial charge on any atom is 0.247 e. The number of rotatable bonds is 3. The smallest absolute Gasteiger partial charge is 0.247 e. The van der Waals surface area contributed by atoms with E-state index in [9.17, 15) is 0 Å². The standard InChI is InChI=1S/C17H15N3O/c1-2-6-13(7-3-1)17-19-18-16(21-17)12-20-10-14-8-4-5-9-15(14)11-20/h1-9H,10-12H2. The second-order valence-corrected chi connectivity index (χ2v) is 5.28. The Morgan fingerprint density at radius 3 is 2.24 bits per heavy atom. The summed E-state index contributed by atoms with van der Waals surface area (Å²) in [5.41, 5.74) is 3.74. The van der Waals surface area contributed by atoms with Crippen LogP contribution in [0.2, 0.25) is 0 Å². The third-order valence-corrected chi connectivity index (χ3v) is 3.75.